The summed E-state index contributed by atoms with van der Waals surface area (Å²) < 4.78 is 5.00. The molecule has 6 nitrogen and oxygen atoms in total. The maximum absolute atomic E-state index is 11.0. The fourth-order valence-electron chi connectivity index (χ4n) is 1.56. The van der Waals surface area contributed by atoms with Gasteiger partial charge in [-0.05, 0) is 6.07 Å². The fourth-order valence-corrected chi connectivity index (χ4v) is 1.86. The third-order valence-corrected chi connectivity index (χ3v) is 2.87. The second kappa shape index (κ2) is 6.29. The Morgan fingerprint density at radius 3 is 2.47 bits per heavy atom. The molecule has 0 aliphatic carbocycles. The molecule has 0 amide bonds. The van der Waals surface area contributed by atoms with E-state index in [4.69, 9.17) is 26.6 Å². The quantitative estimate of drug-likeness (QED) is 0.831. The predicted molar refractivity (Wildman–Crippen MR) is 70.5 cm³/mol. The summed E-state index contributed by atoms with van der Waals surface area (Å²) in [5.41, 5.74) is 0.479. The van der Waals surface area contributed by atoms with Gasteiger partial charge in [0.25, 0.3) is 0 Å². The summed E-state index contributed by atoms with van der Waals surface area (Å²) in [6.07, 6.45) is -0.0458. The lowest BCUT2D eigenvalue weighted by Gasteiger charge is -2.21. The van der Waals surface area contributed by atoms with Gasteiger partial charge < -0.3 is 19.8 Å². The van der Waals surface area contributed by atoms with Crippen LogP contribution in [0.25, 0.3) is 0 Å². The highest BCUT2D eigenvalue weighted by molar-refractivity contribution is 6.33. The monoisotopic (exact) mass is 287 g/mol. The van der Waals surface area contributed by atoms with E-state index in [-0.39, 0.29) is 29.3 Å². The summed E-state index contributed by atoms with van der Waals surface area (Å²) in [7, 11) is 3.03. The van der Waals surface area contributed by atoms with Gasteiger partial charge in [0.05, 0.1) is 24.2 Å². The molecule has 0 radical (unpaired) electrons. The van der Waals surface area contributed by atoms with Gasteiger partial charge in [0.1, 0.15) is 11.3 Å². The van der Waals surface area contributed by atoms with E-state index in [2.05, 4.69) is 0 Å². The third kappa shape index (κ3) is 3.75. The van der Waals surface area contributed by atoms with E-state index in [0.29, 0.717) is 5.69 Å². The van der Waals surface area contributed by atoms with Crippen molar-refractivity contribution < 1.29 is 24.5 Å². The predicted octanol–water partition coefficient (Wildman–Crippen LogP) is 1.96. The van der Waals surface area contributed by atoms with Crippen LogP contribution in [0.3, 0.4) is 0 Å². The molecule has 0 heterocycles. The smallest absolute Gasteiger partial charge is 0.339 e. The number of ether oxygens (including phenoxy) is 1. The minimum absolute atomic E-state index is 0.0390. The van der Waals surface area contributed by atoms with Gasteiger partial charge in [0, 0.05) is 19.7 Å². The number of nitrogens with zero attached hydrogens (tertiary/aromatic N) is 1. The second-order valence-electron chi connectivity index (χ2n) is 3.87. The summed E-state index contributed by atoms with van der Waals surface area (Å²) in [5.74, 6) is -1.88. The molecule has 1 rings (SSSR count). The summed E-state index contributed by atoms with van der Waals surface area (Å²) in [6, 6.07) is 2.77. The van der Waals surface area contributed by atoms with Crippen LogP contribution in [0.5, 0.6) is 5.75 Å². The Kier molecular flexibility index (Phi) is 5.00. The van der Waals surface area contributed by atoms with Crippen molar-refractivity contribution in [3.8, 4) is 5.75 Å². The van der Waals surface area contributed by atoms with Gasteiger partial charge in [-0.2, -0.15) is 0 Å². The Bertz CT molecular complexity index is 503. The number of carboxylic acid groups (broad SMARTS) is 2. The van der Waals surface area contributed by atoms with Crippen molar-refractivity contribution >= 4 is 29.2 Å². The third-order valence-electron chi connectivity index (χ3n) is 2.57. The zero-order valence-electron chi connectivity index (χ0n) is 10.5. The fraction of sp³-hybridized carbons (Fsp3) is 0.333. The molecule has 0 unspecified atom stereocenters. The zero-order chi connectivity index (χ0) is 14.6. The zero-order valence-corrected chi connectivity index (χ0v) is 11.3. The molecular weight excluding hydrogens is 274 g/mol. The molecule has 0 saturated carbocycles. The molecule has 19 heavy (non-hydrogen) atoms. The number of carboxylic acids is 2. The van der Waals surface area contributed by atoms with Gasteiger partial charge in [-0.25, -0.2) is 4.79 Å². The average molecular weight is 288 g/mol. The Balaban J connectivity index is 3.08. The molecule has 0 spiro atoms. The van der Waals surface area contributed by atoms with E-state index in [1.54, 1.807) is 11.9 Å². The highest BCUT2D eigenvalue weighted by Gasteiger charge is 2.17. The SMILES string of the molecule is COc1cc(N(C)CCC(=O)O)c(Cl)cc1C(=O)O. The Hall–Kier alpha value is -1.95. The summed E-state index contributed by atoms with van der Waals surface area (Å²) >= 11 is 6.00. The van der Waals surface area contributed by atoms with Crippen LogP contribution in [0.4, 0.5) is 5.69 Å². The number of halogens is 1. The van der Waals surface area contributed by atoms with E-state index in [9.17, 15) is 9.59 Å². The number of rotatable bonds is 6. The van der Waals surface area contributed by atoms with Gasteiger partial charge >= 0.3 is 11.9 Å². The number of aliphatic carboxylic acids is 1. The van der Waals surface area contributed by atoms with Gasteiger partial charge in [-0.3, -0.25) is 4.79 Å². The van der Waals surface area contributed by atoms with Crippen molar-refractivity contribution in [3.63, 3.8) is 0 Å². The van der Waals surface area contributed by atoms with Crippen molar-refractivity contribution in [2.45, 2.75) is 6.42 Å². The van der Waals surface area contributed by atoms with Crippen LogP contribution in [0.1, 0.15) is 16.8 Å². The molecule has 1 aromatic rings. The molecule has 0 fully saturated rings. The number of anilines is 1. The Morgan fingerprint density at radius 1 is 1.37 bits per heavy atom. The van der Waals surface area contributed by atoms with Crippen molar-refractivity contribution in [2.75, 3.05) is 25.6 Å². The lowest BCUT2D eigenvalue weighted by Crippen LogP contribution is -2.21. The molecule has 0 aliphatic heterocycles. The van der Waals surface area contributed by atoms with Crippen molar-refractivity contribution in [1.82, 2.24) is 0 Å². The van der Waals surface area contributed by atoms with Gasteiger partial charge in [-0.1, -0.05) is 11.6 Å². The van der Waals surface area contributed by atoms with Gasteiger partial charge in [0.2, 0.25) is 0 Å². The normalized spacial score (nSPS) is 10.1. The van der Waals surface area contributed by atoms with Crippen LogP contribution >= 0.6 is 11.6 Å². The minimum atomic E-state index is -1.14. The first-order valence-corrected chi connectivity index (χ1v) is 5.78. The molecule has 7 heteroatoms. The summed E-state index contributed by atoms with van der Waals surface area (Å²) in [4.78, 5) is 23.2. The van der Waals surface area contributed by atoms with E-state index in [1.165, 1.54) is 19.2 Å². The highest BCUT2D eigenvalue weighted by Crippen LogP contribution is 2.33. The van der Waals surface area contributed by atoms with Crippen LogP contribution < -0.4 is 9.64 Å². The average Bonchev–Trinajstić information content (AvgIpc) is 2.35. The topological polar surface area (TPSA) is 87.1 Å². The van der Waals surface area contributed by atoms with E-state index >= 15 is 0 Å². The summed E-state index contributed by atoms with van der Waals surface area (Å²) in [5, 5.41) is 17.9. The number of carbonyl (C=O) groups is 2. The van der Waals surface area contributed by atoms with Crippen LogP contribution in [0.15, 0.2) is 12.1 Å². The molecule has 0 atom stereocenters. The van der Waals surface area contributed by atoms with E-state index in [1.807, 2.05) is 0 Å². The van der Waals surface area contributed by atoms with Crippen molar-refractivity contribution in [3.05, 3.63) is 22.7 Å². The van der Waals surface area contributed by atoms with E-state index < -0.39 is 11.9 Å². The molecule has 0 saturated heterocycles. The molecule has 1 aromatic carbocycles. The lowest BCUT2D eigenvalue weighted by atomic mass is 10.1. The minimum Gasteiger partial charge on any atom is -0.496 e. The van der Waals surface area contributed by atoms with Crippen molar-refractivity contribution in [2.24, 2.45) is 0 Å². The number of hydrogen-bond donors (Lipinski definition) is 2. The number of hydrogen-bond acceptors (Lipinski definition) is 4. The maximum Gasteiger partial charge on any atom is 0.339 e. The molecule has 2 N–H and O–H groups in total. The molecule has 104 valence electrons. The maximum atomic E-state index is 11.0. The standard InChI is InChI=1S/C12H14ClNO5/c1-14(4-3-11(15)16)9-6-10(19-2)7(12(17)18)5-8(9)13/h5-6H,3-4H2,1-2H3,(H,15,16)(H,17,18). The highest BCUT2D eigenvalue weighted by atomic mass is 35.5. The number of methoxy groups -OCH3 is 1. The van der Waals surface area contributed by atoms with Crippen molar-refractivity contribution in [1.29, 1.82) is 0 Å². The molecule has 0 aliphatic rings. The Morgan fingerprint density at radius 2 is 2.00 bits per heavy atom. The molecule has 0 aromatic heterocycles. The van der Waals surface area contributed by atoms with Gasteiger partial charge in [-0.15, -0.1) is 0 Å². The van der Waals surface area contributed by atoms with Crippen LogP contribution in [-0.2, 0) is 4.79 Å². The van der Waals surface area contributed by atoms with Gasteiger partial charge in [0.15, 0.2) is 0 Å². The molecular formula is C12H14ClNO5. The van der Waals surface area contributed by atoms with Crippen LogP contribution in [-0.4, -0.2) is 42.9 Å². The first-order chi connectivity index (χ1) is 8.86. The van der Waals surface area contributed by atoms with Crippen LogP contribution in [0, 0.1) is 0 Å². The van der Waals surface area contributed by atoms with E-state index in [0.717, 1.165) is 0 Å². The Labute approximate surface area is 115 Å². The first kappa shape index (κ1) is 15.1. The summed E-state index contributed by atoms with van der Waals surface area (Å²) in [6.45, 7) is 0.255. The number of benzene rings is 1. The largest absolute Gasteiger partial charge is 0.496 e. The molecule has 0 bridgehead atoms. The van der Waals surface area contributed by atoms with Crippen LogP contribution in [0.2, 0.25) is 5.02 Å². The lowest BCUT2D eigenvalue weighted by molar-refractivity contribution is -0.136. The number of aromatic carboxylic acids is 1. The second-order valence-corrected chi connectivity index (χ2v) is 4.28. The first-order valence-electron chi connectivity index (χ1n) is 5.40.